The van der Waals surface area contributed by atoms with E-state index in [2.05, 4.69) is 21.2 Å². The van der Waals surface area contributed by atoms with Gasteiger partial charge in [-0.3, -0.25) is 9.59 Å². The number of rotatable bonds is 6. The minimum absolute atomic E-state index is 0.264. The molecule has 23 heavy (non-hydrogen) atoms. The Balaban J connectivity index is 1.83. The van der Waals surface area contributed by atoms with Crippen molar-refractivity contribution in [1.29, 1.82) is 0 Å². The van der Waals surface area contributed by atoms with E-state index in [0.717, 1.165) is 4.47 Å². The van der Waals surface area contributed by atoms with Crippen molar-refractivity contribution in [2.75, 3.05) is 6.61 Å². The predicted octanol–water partition coefficient (Wildman–Crippen LogP) is 3.06. The number of benzene rings is 1. The van der Waals surface area contributed by atoms with Gasteiger partial charge >= 0.3 is 5.97 Å². The van der Waals surface area contributed by atoms with Crippen molar-refractivity contribution in [2.24, 2.45) is 0 Å². The van der Waals surface area contributed by atoms with Crippen molar-refractivity contribution in [1.82, 2.24) is 5.32 Å². The van der Waals surface area contributed by atoms with Crippen LogP contribution in [0.3, 0.4) is 0 Å². The smallest absolute Gasteiger partial charge is 0.328 e. The third-order valence-electron chi connectivity index (χ3n) is 2.95. The average molecular weight is 396 g/mol. The monoisotopic (exact) mass is 395 g/mol. The molecule has 1 amide bonds. The predicted molar refractivity (Wildman–Crippen MR) is 90.7 cm³/mol. The van der Waals surface area contributed by atoms with Crippen molar-refractivity contribution < 1.29 is 19.1 Å². The molecule has 0 aliphatic rings. The van der Waals surface area contributed by atoms with Gasteiger partial charge in [-0.25, -0.2) is 4.79 Å². The van der Waals surface area contributed by atoms with Crippen LogP contribution in [0.15, 0.2) is 46.3 Å². The van der Waals surface area contributed by atoms with E-state index in [1.807, 2.05) is 0 Å². The summed E-state index contributed by atoms with van der Waals surface area (Å²) in [5.74, 6) is -1.30. The standard InChI is InChI=1S/C16H14BrNO4S/c1-10(18-15(20)11-4-6-12(17)7-5-11)16(21)22-9-13(19)14-3-2-8-23-14/h2-8,10H,9H2,1H3,(H,18,20)/t10-/m0/s1. The molecular weight excluding hydrogens is 382 g/mol. The molecule has 0 aliphatic carbocycles. The van der Waals surface area contributed by atoms with Crippen LogP contribution in [-0.2, 0) is 9.53 Å². The number of ether oxygens (including phenoxy) is 1. The van der Waals surface area contributed by atoms with Crippen LogP contribution in [-0.4, -0.2) is 30.3 Å². The van der Waals surface area contributed by atoms with Gasteiger partial charge in [-0.15, -0.1) is 11.3 Å². The summed E-state index contributed by atoms with van der Waals surface area (Å²) in [5, 5.41) is 4.31. The van der Waals surface area contributed by atoms with Crippen molar-refractivity contribution >= 4 is 44.9 Å². The Kier molecular flexibility index (Phi) is 6.06. The van der Waals surface area contributed by atoms with Crippen molar-refractivity contribution in [3.63, 3.8) is 0 Å². The second-order valence-corrected chi connectivity index (χ2v) is 6.57. The number of carbonyl (C=O) groups is 3. The first-order valence-electron chi connectivity index (χ1n) is 6.77. The highest BCUT2D eigenvalue weighted by molar-refractivity contribution is 9.10. The normalized spacial score (nSPS) is 11.6. The molecule has 2 rings (SSSR count). The lowest BCUT2D eigenvalue weighted by Crippen LogP contribution is -2.40. The number of Topliss-reactive ketones (excluding diaryl/α,β-unsaturated/α-hetero) is 1. The van der Waals surface area contributed by atoms with Crippen LogP contribution in [0.2, 0.25) is 0 Å². The summed E-state index contributed by atoms with van der Waals surface area (Å²) in [4.78, 5) is 36.1. The zero-order valence-electron chi connectivity index (χ0n) is 12.2. The van der Waals surface area contributed by atoms with Crippen LogP contribution in [0, 0.1) is 0 Å². The molecule has 2 aromatic rings. The average Bonchev–Trinajstić information content (AvgIpc) is 3.07. The Hall–Kier alpha value is -1.99. The molecule has 0 radical (unpaired) electrons. The third-order valence-corrected chi connectivity index (χ3v) is 4.39. The Morgan fingerprint density at radius 1 is 1.22 bits per heavy atom. The molecule has 1 heterocycles. The molecule has 1 aromatic carbocycles. The van der Waals surface area contributed by atoms with Gasteiger partial charge in [0.05, 0.1) is 4.88 Å². The summed E-state index contributed by atoms with van der Waals surface area (Å²) in [7, 11) is 0. The van der Waals surface area contributed by atoms with Crippen molar-refractivity contribution in [2.45, 2.75) is 13.0 Å². The Morgan fingerprint density at radius 2 is 1.91 bits per heavy atom. The van der Waals surface area contributed by atoms with E-state index in [1.165, 1.54) is 18.3 Å². The van der Waals surface area contributed by atoms with E-state index in [0.29, 0.717) is 10.4 Å². The van der Waals surface area contributed by atoms with E-state index in [4.69, 9.17) is 4.74 Å². The number of thiophene rings is 1. The number of halogens is 1. The zero-order valence-corrected chi connectivity index (χ0v) is 14.6. The van der Waals surface area contributed by atoms with Crippen LogP contribution >= 0.6 is 27.3 Å². The van der Waals surface area contributed by atoms with E-state index >= 15 is 0 Å². The highest BCUT2D eigenvalue weighted by atomic mass is 79.9. The molecule has 0 bridgehead atoms. The number of nitrogens with one attached hydrogen (secondary N) is 1. The first-order chi connectivity index (χ1) is 11.0. The molecule has 1 aromatic heterocycles. The molecule has 0 fully saturated rings. The molecule has 0 saturated carbocycles. The maximum Gasteiger partial charge on any atom is 0.328 e. The lowest BCUT2D eigenvalue weighted by Gasteiger charge is -2.13. The van der Waals surface area contributed by atoms with Gasteiger partial charge in [0.2, 0.25) is 5.78 Å². The second kappa shape index (κ2) is 8.03. The third kappa shape index (κ3) is 5.01. The summed E-state index contributed by atoms with van der Waals surface area (Å²) in [5.41, 5.74) is 0.433. The molecule has 120 valence electrons. The first kappa shape index (κ1) is 17.4. The Labute approximate surface area is 145 Å². The molecule has 7 heteroatoms. The van der Waals surface area contributed by atoms with Gasteiger partial charge in [0.25, 0.3) is 5.91 Å². The number of amides is 1. The van der Waals surface area contributed by atoms with Crippen LogP contribution in [0.5, 0.6) is 0 Å². The van der Waals surface area contributed by atoms with Gasteiger partial charge in [-0.2, -0.15) is 0 Å². The van der Waals surface area contributed by atoms with Crippen LogP contribution in [0.1, 0.15) is 27.0 Å². The van der Waals surface area contributed by atoms with E-state index in [-0.39, 0.29) is 18.3 Å². The Morgan fingerprint density at radius 3 is 2.52 bits per heavy atom. The van der Waals surface area contributed by atoms with E-state index in [9.17, 15) is 14.4 Å². The number of esters is 1. The highest BCUT2D eigenvalue weighted by Gasteiger charge is 2.19. The van der Waals surface area contributed by atoms with Gasteiger partial charge in [0, 0.05) is 10.0 Å². The van der Waals surface area contributed by atoms with Crippen molar-refractivity contribution in [3.8, 4) is 0 Å². The van der Waals surface area contributed by atoms with Gasteiger partial charge in [-0.05, 0) is 42.6 Å². The van der Waals surface area contributed by atoms with Crippen LogP contribution in [0.4, 0.5) is 0 Å². The first-order valence-corrected chi connectivity index (χ1v) is 8.44. The SMILES string of the molecule is C[C@H](NC(=O)c1ccc(Br)cc1)C(=O)OCC(=O)c1cccs1. The molecule has 5 nitrogen and oxygen atoms in total. The summed E-state index contributed by atoms with van der Waals surface area (Å²) >= 11 is 4.57. The molecule has 0 unspecified atom stereocenters. The minimum Gasteiger partial charge on any atom is -0.456 e. The van der Waals surface area contributed by atoms with Gasteiger partial charge < -0.3 is 10.1 Å². The molecule has 1 N–H and O–H groups in total. The van der Waals surface area contributed by atoms with E-state index in [1.54, 1.807) is 41.8 Å². The van der Waals surface area contributed by atoms with Gasteiger partial charge in [0.15, 0.2) is 6.61 Å². The fraction of sp³-hybridized carbons (Fsp3) is 0.188. The summed E-state index contributed by atoms with van der Waals surface area (Å²) in [6.07, 6.45) is 0. The number of hydrogen-bond donors (Lipinski definition) is 1. The summed E-state index contributed by atoms with van der Waals surface area (Å²) < 4.78 is 5.80. The second-order valence-electron chi connectivity index (χ2n) is 4.71. The lowest BCUT2D eigenvalue weighted by molar-refractivity contribution is -0.144. The number of hydrogen-bond acceptors (Lipinski definition) is 5. The Bertz CT molecular complexity index is 697. The number of carbonyl (C=O) groups excluding carboxylic acids is 3. The minimum atomic E-state index is -0.845. The quantitative estimate of drug-likeness (QED) is 0.602. The maximum absolute atomic E-state index is 12.0. The van der Waals surface area contributed by atoms with Crippen LogP contribution in [0.25, 0.3) is 0 Å². The van der Waals surface area contributed by atoms with Crippen molar-refractivity contribution in [3.05, 3.63) is 56.7 Å². The largest absolute Gasteiger partial charge is 0.456 e. The molecular formula is C16H14BrNO4S. The molecule has 0 spiro atoms. The number of ketones is 1. The van der Waals surface area contributed by atoms with Crippen LogP contribution < -0.4 is 5.32 Å². The summed E-state index contributed by atoms with van der Waals surface area (Å²) in [6.45, 7) is 1.17. The fourth-order valence-corrected chi connectivity index (χ4v) is 2.63. The molecule has 1 atom stereocenters. The zero-order chi connectivity index (χ0) is 16.8. The fourth-order valence-electron chi connectivity index (χ4n) is 1.71. The molecule has 0 saturated heterocycles. The molecule has 0 aliphatic heterocycles. The van der Waals surface area contributed by atoms with Gasteiger partial charge in [0.1, 0.15) is 6.04 Å². The summed E-state index contributed by atoms with van der Waals surface area (Å²) in [6, 6.07) is 9.31. The highest BCUT2D eigenvalue weighted by Crippen LogP contribution is 2.11. The lowest BCUT2D eigenvalue weighted by atomic mass is 10.2. The maximum atomic E-state index is 12.0. The van der Waals surface area contributed by atoms with E-state index < -0.39 is 12.0 Å². The topological polar surface area (TPSA) is 72.5 Å². The van der Waals surface area contributed by atoms with Gasteiger partial charge in [-0.1, -0.05) is 22.0 Å².